The molecule has 1 saturated heterocycles. The van der Waals surface area contributed by atoms with Crippen LogP contribution in [0.4, 0.5) is 11.4 Å². The van der Waals surface area contributed by atoms with Gasteiger partial charge in [-0.05, 0) is 50.5 Å². The maximum atomic E-state index is 12.2. The highest BCUT2D eigenvalue weighted by atomic mass is 16.4. The van der Waals surface area contributed by atoms with E-state index < -0.39 is 12.0 Å². The highest BCUT2D eigenvalue weighted by molar-refractivity contribution is 5.96. The van der Waals surface area contributed by atoms with Crippen molar-refractivity contribution < 1.29 is 19.5 Å². The van der Waals surface area contributed by atoms with Crippen molar-refractivity contribution in [2.45, 2.75) is 51.1 Å². The van der Waals surface area contributed by atoms with Crippen molar-refractivity contribution in [2.24, 2.45) is 0 Å². The zero-order valence-electron chi connectivity index (χ0n) is 15.0. The minimum atomic E-state index is -0.857. The Morgan fingerprint density at radius 3 is 2.54 bits per heavy atom. The predicted molar refractivity (Wildman–Crippen MR) is 98.1 cm³/mol. The standard InChI is InChI=1S/C19H25N3O4/c1-13(19(25)26)21(15-8-9-15)12-10-17(23)20-14-4-6-16(7-5-14)22-11-2-3-18(22)24/h4-7,13,15H,2-3,8-12H2,1H3,(H,20,23)(H,25,26). The average Bonchev–Trinajstić information content (AvgIpc) is 3.36. The number of aliphatic carboxylic acids is 1. The third-order valence-electron chi connectivity index (χ3n) is 5.00. The lowest BCUT2D eigenvalue weighted by Crippen LogP contribution is -2.42. The molecule has 0 radical (unpaired) electrons. The van der Waals surface area contributed by atoms with Crippen LogP contribution in [-0.4, -0.2) is 53.0 Å². The van der Waals surface area contributed by atoms with Crippen LogP contribution in [0.25, 0.3) is 0 Å². The van der Waals surface area contributed by atoms with Crippen LogP contribution in [0.2, 0.25) is 0 Å². The van der Waals surface area contributed by atoms with Gasteiger partial charge >= 0.3 is 5.97 Å². The zero-order chi connectivity index (χ0) is 18.7. The van der Waals surface area contributed by atoms with Gasteiger partial charge in [-0.15, -0.1) is 0 Å². The fourth-order valence-corrected chi connectivity index (χ4v) is 3.34. The second-order valence-electron chi connectivity index (χ2n) is 6.98. The van der Waals surface area contributed by atoms with Gasteiger partial charge in [-0.3, -0.25) is 19.3 Å². The molecule has 1 aromatic carbocycles. The van der Waals surface area contributed by atoms with E-state index in [1.807, 2.05) is 17.0 Å². The first-order valence-electron chi connectivity index (χ1n) is 9.14. The lowest BCUT2D eigenvalue weighted by atomic mass is 10.2. The molecule has 2 aliphatic rings. The van der Waals surface area contributed by atoms with Crippen LogP contribution in [0, 0.1) is 0 Å². The van der Waals surface area contributed by atoms with Gasteiger partial charge in [0.25, 0.3) is 0 Å². The molecule has 26 heavy (non-hydrogen) atoms. The summed E-state index contributed by atoms with van der Waals surface area (Å²) in [6.07, 6.45) is 3.71. The number of carboxylic acid groups (broad SMARTS) is 1. The quantitative estimate of drug-likeness (QED) is 0.742. The lowest BCUT2D eigenvalue weighted by molar-refractivity contribution is -0.143. The van der Waals surface area contributed by atoms with Gasteiger partial charge in [0.2, 0.25) is 11.8 Å². The Balaban J connectivity index is 1.51. The first-order valence-corrected chi connectivity index (χ1v) is 9.14. The molecule has 1 unspecified atom stereocenters. The molecule has 7 heteroatoms. The van der Waals surface area contributed by atoms with Gasteiger partial charge in [-0.1, -0.05) is 0 Å². The molecule has 1 aliphatic carbocycles. The number of amides is 2. The third-order valence-corrected chi connectivity index (χ3v) is 5.00. The minimum Gasteiger partial charge on any atom is -0.480 e. The predicted octanol–water partition coefficient (Wildman–Crippen LogP) is 2.08. The van der Waals surface area contributed by atoms with Crippen molar-refractivity contribution in [3.63, 3.8) is 0 Å². The summed E-state index contributed by atoms with van der Waals surface area (Å²) in [5, 5.41) is 12.0. The molecule has 1 aromatic rings. The number of carboxylic acids is 1. The average molecular weight is 359 g/mol. The number of hydrogen-bond acceptors (Lipinski definition) is 4. The number of nitrogens with one attached hydrogen (secondary N) is 1. The molecule has 2 amide bonds. The van der Waals surface area contributed by atoms with E-state index in [0.717, 1.165) is 31.5 Å². The SMILES string of the molecule is CC(C(=O)O)N(CCC(=O)Nc1ccc(N2CCCC2=O)cc1)C1CC1. The summed E-state index contributed by atoms with van der Waals surface area (Å²) in [6.45, 7) is 2.84. The molecule has 1 aliphatic heterocycles. The molecule has 3 rings (SSSR count). The molecule has 2 fully saturated rings. The Kier molecular flexibility index (Phi) is 5.56. The molecule has 1 heterocycles. The number of benzene rings is 1. The van der Waals surface area contributed by atoms with Gasteiger partial charge < -0.3 is 15.3 Å². The van der Waals surface area contributed by atoms with E-state index in [1.165, 1.54) is 0 Å². The Morgan fingerprint density at radius 2 is 2.00 bits per heavy atom. The van der Waals surface area contributed by atoms with Crippen LogP contribution in [0.5, 0.6) is 0 Å². The van der Waals surface area contributed by atoms with E-state index in [-0.39, 0.29) is 24.3 Å². The number of rotatable bonds is 8. The highest BCUT2D eigenvalue weighted by Gasteiger charge is 2.34. The van der Waals surface area contributed by atoms with Crippen molar-refractivity contribution in [1.29, 1.82) is 0 Å². The summed E-state index contributed by atoms with van der Waals surface area (Å²) in [7, 11) is 0. The molecular formula is C19H25N3O4. The molecular weight excluding hydrogens is 334 g/mol. The van der Waals surface area contributed by atoms with Crippen molar-refractivity contribution in [2.75, 3.05) is 23.3 Å². The molecule has 7 nitrogen and oxygen atoms in total. The topological polar surface area (TPSA) is 89.9 Å². The van der Waals surface area contributed by atoms with Gasteiger partial charge in [-0.25, -0.2) is 0 Å². The lowest BCUT2D eigenvalue weighted by Gasteiger charge is -2.25. The summed E-state index contributed by atoms with van der Waals surface area (Å²) in [4.78, 5) is 38.8. The Morgan fingerprint density at radius 1 is 1.31 bits per heavy atom. The van der Waals surface area contributed by atoms with Crippen LogP contribution in [0.3, 0.4) is 0 Å². The summed E-state index contributed by atoms with van der Waals surface area (Å²) >= 11 is 0. The molecule has 0 bridgehead atoms. The summed E-state index contributed by atoms with van der Waals surface area (Å²) in [5.41, 5.74) is 1.52. The Hall–Kier alpha value is -2.41. The number of carbonyl (C=O) groups excluding carboxylic acids is 2. The van der Waals surface area contributed by atoms with Crippen molar-refractivity contribution >= 4 is 29.2 Å². The Bertz CT molecular complexity index is 685. The van der Waals surface area contributed by atoms with E-state index in [0.29, 0.717) is 18.7 Å². The van der Waals surface area contributed by atoms with Crippen LogP contribution in [0.1, 0.15) is 39.0 Å². The van der Waals surface area contributed by atoms with Gasteiger partial charge in [0, 0.05) is 43.3 Å². The van der Waals surface area contributed by atoms with Crippen LogP contribution in [0.15, 0.2) is 24.3 Å². The van der Waals surface area contributed by atoms with E-state index in [1.54, 1.807) is 24.0 Å². The van der Waals surface area contributed by atoms with Crippen molar-refractivity contribution in [3.05, 3.63) is 24.3 Å². The van der Waals surface area contributed by atoms with Crippen molar-refractivity contribution in [1.82, 2.24) is 4.90 Å². The van der Waals surface area contributed by atoms with Crippen LogP contribution >= 0.6 is 0 Å². The molecule has 2 N–H and O–H groups in total. The smallest absolute Gasteiger partial charge is 0.320 e. The van der Waals surface area contributed by atoms with Gasteiger partial charge in [-0.2, -0.15) is 0 Å². The Labute approximate surface area is 153 Å². The molecule has 0 aromatic heterocycles. The second-order valence-corrected chi connectivity index (χ2v) is 6.98. The number of hydrogen-bond donors (Lipinski definition) is 2. The van der Waals surface area contributed by atoms with Crippen LogP contribution < -0.4 is 10.2 Å². The monoisotopic (exact) mass is 359 g/mol. The number of carbonyl (C=O) groups is 3. The second kappa shape index (κ2) is 7.86. The fourth-order valence-electron chi connectivity index (χ4n) is 3.34. The van der Waals surface area contributed by atoms with Crippen molar-refractivity contribution in [3.8, 4) is 0 Å². The third kappa shape index (κ3) is 4.40. The van der Waals surface area contributed by atoms with Gasteiger partial charge in [0.15, 0.2) is 0 Å². The molecule has 1 saturated carbocycles. The number of nitrogens with zero attached hydrogens (tertiary/aromatic N) is 2. The summed E-state index contributed by atoms with van der Waals surface area (Å²) in [5.74, 6) is -0.864. The summed E-state index contributed by atoms with van der Waals surface area (Å²) in [6, 6.07) is 6.96. The normalized spacial score (nSPS) is 18.2. The summed E-state index contributed by atoms with van der Waals surface area (Å²) < 4.78 is 0. The van der Waals surface area contributed by atoms with Gasteiger partial charge in [0.05, 0.1) is 0 Å². The number of anilines is 2. The van der Waals surface area contributed by atoms with E-state index in [9.17, 15) is 19.5 Å². The van der Waals surface area contributed by atoms with Crippen LogP contribution in [-0.2, 0) is 14.4 Å². The maximum absolute atomic E-state index is 12.2. The van der Waals surface area contributed by atoms with Gasteiger partial charge in [0.1, 0.15) is 6.04 Å². The highest BCUT2D eigenvalue weighted by Crippen LogP contribution is 2.29. The molecule has 0 spiro atoms. The first-order chi connectivity index (χ1) is 12.5. The fraction of sp³-hybridized carbons (Fsp3) is 0.526. The molecule has 140 valence electrons. The molecule has 1 atom stereocenters. The minimum absolute atomic E-state index is 0.134. The van der Waals surface area contributed by atoms with E-state index in [2.05, 4.69) is 5.32 Å². The van der Waals surface area contributed by atoms with E-state index >= 15 is 0 Å². The zero-order valence-corrected chi connectivity index (χ0v) is 15.0. The van der Waals surface area contributed by atoms with E-state index in [4.69, 9.17) is 0 Å². The first kappa shape index (κ1) is 18.4. The maximum Gasteiger partial charge on any atom is 0.320 e. The largest absolute Gasteiger partial charge is 0.480 e.